The maximum Gasteiger partial charge on any atom is 0.206 e. The van der Waals surface area contributed by atoms with Crippen molar-refractivity contribution >= 4 is 28.9 Å². The van der Waals surface area contributed by atoms with Crippen LogP contribution in [0.5, 0.6) is 5.75 Å². The number of allylic oxidation sites excluding steroid dienone is 1. The fourth-order valence-electron chi connectivity index (χ4n) is 7.55. The monoisotopic (exact) mass is 570 g/mol. The minimum atomic E-state index is -2.51. The number of hydrogen-bond donors (Lipinski definition) is 3. The number of fused-ring (bicyclic) bond motifs is 3. The van der Waals surface area contributed by atoms with Crippen LogP contribution in [-0.2, 0) is 32.0 Å². The molecule has 1 saturated carbocycles. The fraction of sp³-hybridized carbons (Fsp3) is 0.429. The average Bonchev–Trinajstić information content (AvgIpc) is 2.86. The summed E-state index contributed by atoms with van der Waals surface area (Å²) in [6.45, 7) is 12.1. The number of aromatic hydroxyl groups is 1. The molecule has 220 valence electrons. The van der Waals surface area contributed by atoms with Gasteiger partial charge in [-0.15, -0.1) is 0 Å². The van der Waals surface area contributed by atoms with Crippen molar-refractivity contribution in [2.45, 2.75) is 79.8 Å². The number of carbonyl (C=O) groups is 4. The van der Waals surface area contributed by atoms with E-state index in [-0.39, 0.29) is 47.5 Å². The van der Waals surface area contributed by atoms with Crippen LogP contribution in [0.2, 0.25) is 0 Å². The summed E-state index contributed by atoms with van der Waals surface area (Å²) in [4.78, 5) is 52.7. The van der Waals surface area contributed by atoms with Gasteiger partial charge in [-0.1, -0.05) is 70.5 Å². The molecule has 0 aliphatic heterocycles. The first-order valence-corrected chi connectivity index (χ1v) is 14.3. The Balaban J connectivity index is 1.63. The number of phenolic OH excluding ortho intramolecular Hbond substituents is 1. The number of ketones is 4. The van der Waals surface area contributed by atoms with Crippen LogP contribution in [0.25, 0.3) is 16.9 Å². The Morgan fingerprint density at radius 1 is 0.929 bits per heavy atom. The second-order valence-corrected chi connectivity index (χ2v) is 14.0. The molecule has 0 heterocycles. The minimum absolute atomic E-state index is 0.0919. The molecule has 0 amide bonds. The van der Waals surface area contributed by atoms with Gasteiger partial charge in [0.05, 0.1) is 11.1 Å². The first-order valence-electron chi connectivity index (χ1n) is 14.3. The third kappa shape index (κ3) is 4.12. The van der Waals surface area contributed by atoms with Crippen LogP contribution < -0.4 is 0 Å². The van der Waals surface area contributed by atoms with Crippen molar-refractivity contribution in [1.29, 1.82) is 0 Å². The highest BCUT2D eigenvalue weighted by molar-refractivity contribution is 6.33. The number of rotatable bonds is 4. The zero-order valence-corrected chi connectivity index (χ0v) is 25.3. The quantitative estimate of drug-likeness (QED) is 0.321. The third-order valence-electron chi connectivity index (χ3n) is 9.60. The number of hydrogen-bond acceptors (Lipinski definition) is 7. The molecule has 2 aromatic carbocycles. The van der Waals surface area contributed by atoms with Gasteiger partial charge < -0.3 is 15.3 Å². The largest absolute Gasteiger partial charge is 0.507 e. The molecule has 0 unspecified atom stereocenters. The van der Waals surface area contributed by atoms with Gasteiger partial charge in [0.1, 0.15) is 17.3 Å². The molecular weight excluding hydrogens is 532 g/mol. The van der Waals surface area contributed by atoms with E-state index in [0.717, 1.165) is 16.7 Å². The summed E-state index contributed by atoms with van der Waals surface area (Å²) >= 11 is 0. The standard InChI is InChI=1S/C35H38O7/c1-18-15-34(7)17-33(6)16-23-22(21-10-8-20(9-11-21)14-25(38)32(3,4)5)12-13-24(37)27(23)29(39)28(33)31(41)35(34,42)30(40)26(18)19(2)36/h8-13,37,39,42H,14-17H2,1-7H3/t33-,34+,35+/m1/s1. The highest BCUT2D eigenvalue weighted by Gasteiger charge is 2.69. The lowest BCUT2D eigenvalue weighted by Crippen LogP contribution is -2.67. The van der Waals surface area contributed by atoms with E-state index in [1.807, 2.05) is 52.0 Å². The van der Waals surface area contributed by atoms with E-state index in [0.29, 0.717) is 17.6 Å². The molecule has 3 aliphatic rings. The Bertz CT molecular complexity index is 1650. The van der Waals surface area contributed by atoms with Crippen molar-refractivity contribution in [2.24, 2.45) is 16.2 Å². The van der Waals surface area contributed by atoms with Gasteiger partial charge in [-0.05, 0) is 61.4 Å². The number of carbonyl (C=O) groups excluding carboxylic acids is 4. The van der Waals surface area contributed by atoms with Crippen molar-refractivity contribution in [3.8, 4) is 16.9 Å². The Hall–Kier alpha value is -3.84. The van der Waals surface area contributed by atoms with Crippen LogP contribution in [-0.4, -0.2) is 44.1 Å². The molecule has 5 rings (SSSR count). The Labute approximate surface area is 246 Å². The van der Waals surface area contributed by atoms with Gasteiger partial charge in [0.15, 0.2) is 11.4 Å². The van der Waals surface area contributed by atoms with Crippen molar-refractivity contribution in [3.05, 3.63) is 69.8 Å². The molecular formula is C35H38O7. The zero-order chi connectivity index (χ0) is 31.2. The summed E-state index contributed by atoms with van der Waals surface area (Å²) < 4.78 is 0. The van der Waals surface area contributed by atoms with Crippen molar-refractivity contribution in [1.82, 2.24) is 0 Å². The van der Waals surface area contributed by atoms with Crippen molar-refractivity contribution in [3.63, 3.8) is 0 Å². The van der Waals surface area contributed by atoms with Crippen LogP contribution in [0.3, 0.4) is 0 Å². The summed E-state index contributed by atoms with van der Waals surface area (Å²) in [5.74, 6) is -2.92. The first kappa shape index (κ1) is 29.6. The summed E-state index contributed by atoms with van der Waals surface area (Å²) in [6.07, 6.45) is 0.944. The fourth-order valence-corrected chi connectivity index (χ4v) is 7.55. The highest BCUT2D eigenvalue weighted by atomic mass is 16.3. The normalized spacial score (nSPS) is 27.4. The van der Waals surface area contributed by atoms with E-state index >= 15 is 0 Å². The molecule has 0 spiro atoms. The van der Waals surface area contributed by atoms with Crippen molar-refractivity contribution in [2.75, 3.05) is 0 Å². The molecule has 0 aromatic heterocycles. The predicted molar refractivity (Wildman–Crippen MR) is 159 cm³/mol. The molecule has 0 radical (unpaired) electrons. The molecule has 7 heteroatoms. The minimum Gasteiger partial charge on any atom is -0.507 e. The second-order valence-electron chi connectivity index (χ2n) is 14.0. The molecule has 1 fully saturated rings. The van der Waals surface area contributed by atoms with Crippen LogP contribution in [0, 0.1) is 16.2 Å². The predicted octanol–water partition coefficient (Wildman–Crippen LogP) is 5.64. The zero-order valence-electron chi connectivity index (χ0n) is 25.3. The first-order chi connectivity index (χ1) is 19.4. The van der Waals surface area contributed by atoms with Gasteiger partial charge in [0.25, 0.3) is 0 Å². The smallest absolute Gasteiger partial charge is 0.206 e. The van der Waals surface area contributed by atoms with Crippen LogP contribution in [0.1, 0.15) is 78.0 Å². The lowest BCUT2D eigenvalue weighted by atomic mass is 9.46. The molecule has 0 saturated heterocycles. The van der Waals surface area contributed by atoms with E-state index < -0.39 is 45.0 Å². The Kier molecular flexibility index (Phi) is 6.59. The van der Waals surface area contributed by atoms with Gasteiger partial charge in [-0.2, -0.15) is 0 Å². The molecule has 7 nitrogen and oxygen atoms in total. The molecule has 0 bridgehead atoms. The van der Waals surface area contributed by atoms with Crippen LogP contribution in [0.15, 0.2) is 53.1 Å². The van der Waals surface area contributed by atoms with Gasteiger partial charge in [0, 0.05) is 28.2 Å². The summed E-state index contributed by atoms with van der Waals surface area (Å²) in [6, 6.07) is 10.8. The summed E-state index contributed by atoms with van der Waals surface area (Å²) in [5.41, 5.74) is -1.67. The van der Waals surface area contributed by atoms with Gasteiger partial charge in [-0.25, -0.2) is 0 Å². The summed E-state index contributed by atoms with van der Waals surface area (Å²) in [5, 5.41) is 34.4. The van der Waals surface area contributed by atoms with E-state index in [2.05, 4.69) is 0 Å². The van der Waals surface area contributed by atoms with E-state index in [1.165, 1.54) is 13.0 Å². The second kappa shape index (κ2) is 9.33. The molecule has 3 aliphatic carbocycles. The van der Waals surface area contributed by atoms with Crippen molar-refractivity contribution < 1.29 is 34.5 Å². The van der Waals surface area contributed by atoms with E-state index in [4.69, 9.17) is 0 Å². The van der Waals surface area contributed by atoms with Gasteiger partial charge in [-0.3, -0.25) is 19.2 Å². The average molecular weight is 571 g/mol. The number of phenols is 1. The maximum absolute atomic E-state index is 14.2. The molecule has 3 N–H and O–H groups in total. The van der Waals surface area contributed by atoms with E-state index in [9.17, 15) is 34.5 Å². The van der Waals surface area contributed by atoms with Crippen LogP contribution in [0.4, 0.5) is 0 Å². The van der Waals surface area contributed by atoms with E-state index in [1.54, 1.807) is 19.9 Å². The Morgan fingerprint density at radius 2 is 1.55 bits per heavy atom. The summed E-state index contributed by atoms with van der Waals surface area (Å²) in [7, 11) is 0. The number of Topliss-reactive ketones (excluding diaryl/α,β-unsaturated/α-hetero) is 4. The topological polar surface area (TPSA) is 129 Å². The van der Waals surface area contributed by atoms with Crippen LogP contribution >= 0.6 is 0 Å². The highest BCUT2D eigenvalue weighted by Crippen LogP contribution is 2.62. The van der Waals surface area contributed by atoms with Gasteiger partial charge in [0.2, 0.25) is 11.6 Å². The maximum atomic E-state index is 14.2. The SMILES string of the molecule is CC(=O)C1=C(C)C[C@@]2(C)C[C@@]3(C)Cc4c(-c5ccc(CC(=O)C(C)(C)C)cc5)ccc(O)c4C(O)=C3C(=O)[C@@]2(O)C1=O. The molecule has 3 atom stereocenters. The lowest BCUT2D eigenvalue weighted by molar-refractivity contribution is -0.171. The Morgan fingerprint density at radius 3 is 2.12 bits per heavy atom. The molecule has 42 heavy (non-hydrogen) atoms. The lowest BCUT2D eigenvalue weighted by Gasteiger charge is -2.56. The number of aliphatic hydroxyl groups excluding tert-OH is 1. The number of aliphatic hydroxyl groups is 2. The van der Waals surface area contributed by atoms with Gasteiger partial charge >= 0.3 is 0 Å². The number of benzene rings is 2. The third-order valence-corrected chi connectivity index (χ3v) is 9.60. The molecule has 2 aromatic rings.